The Labute approximate surface area is 90.8 Å². The van der Waals surface area contributed by atoms with Crippen molar-refractivity contribution in [2.45, 2.75) is 26.4 Å². The number of aromatic nitrogens is 2. The third kappa shape index (κ3) is 2.77. The molecule has 0 unspecified atom stereocenters. The summed E-state index contributed by atoms with van der Waals surface area (Å²) in [5.74, 6) is 0.136. The summed E-state index contributed by atoms with van der Waals surface area (Å²) in [6, 6.07) is 0. The van der Waals surface area contributed by atoms with Crippen molar-refractivity contribution in [1.82, 2.24) is 9.97 Å². The lowest BCUT2D eigenvalue weighted by Gasteiger charge is -2.22. The first-order chi connectivity index (χ1) is 6.42. The van der Waals surface area contributed by atoms with Crippen molar-refractivity contribution in [3.8, 4) is 0 Å². The number of halogens is 1. The van der Waals surface area contributed by atoms with Gasteiger partial charge >= 0.3 is 5.97 Å². The highest BCUT2D eigenvalue weighted by atomic mass is 79.9. The van der Waals surface area contributed by atoms with E-state index < -0.39 is 5.60 Å². The number of hydrogen-bond acceptors (Lipinski definition) is 4. The lowest BCUT2D eigenvalue weighted by molar-refractivity contribution is -0.155. The fourth-order valence-corrected chi connectivity index (χ4v) is 1.23. The van der Waals surface area contributed by atoms with Crippen molar-refractivity contribution >= 4 is 21.9 Å². The Balaban J connectivity index is 2.91. The van der Waals surface area contributed by atoms with Gasteiger partial charge in [-0.25, -0.2) is 9.97 Å². The molecule has 0 bridgehead atoms. The maximum atomic E-state index is 10.8. The first-order valence-electron chi connectivity index (χ1n) is 4.09. The molecule has 1 aromatic heterocycles. The molecule has 0 aliphatic carbocycles. The quantitative estimate of drug-likeness (QED) is 0.762. The highest BCUT2D eigenvalue weighted by Crippen LogP contribution is 2.21. The lowest BCUT2D eigenvalue weighted by atomic mass is 10.1. The lowest BCUT2D eigenvalue weighted by Crippen LogP contribution is -2.26. The molecule has 0 saturated heterocycles. The van der Waals surface area contributed by atoms with E-state index in [1.165, 1.54) is 6.92 Å². The summed E-state index contributed by atoms with van der Waals surface area (Å²) in [6.07, 6.45) is 3.24. The molecule has 0 aliphatic heterocycles. The summed E-state index contributed by atoms with van der Waals surface area (Å²) >= 11 is 3.23. The Morgan fingerprint density at radius 2 is 1.93 bits per heavy atom. The minimum absolute atomic E-state index is 0.346. The molecule has 1 heterocycles. The molecule has 0 spiro atoms. The van der Waals surface area contributed by atoms with Crippen molar-refractivity contribution in [2.75, 3.05) is 0 Å². The van der Waals surface area contributed by atoms with Gasteiger partial charge in [0.2, 0.25) is 0 Å². The minimum atomic E-state index is -0.785. The van der Waals surface area contributed by atoms with Crippen molar-refractivity contribution in [3.63, 3.8) is 0 Å². The van der Waals surface area contributed by atoms with E-state index in [0.717, 1.165) is 4.47 Å². The number of ether oxygens (including phenoxy) is 1. The molecule has 4 nitrogen and oxygen atoms in total. The summed E-state index contributed by atoms with van der Waals surface area (Å²) < 4.78 is 5.88. The smallest absolute Gasteiger partial charge is 0.303 e. The topological polar surface area (TPSA) is 52.1 Å². The Kier molecular flexibility index (Phi) is 3.21. The van der Waals surface area contributed by atoms with Gasteiger partial charge in [0.1, 0.15) is 0 Å². The summed E-state index contributed by atoms with van der Waals surface area (Å²) in [6.45, 7) is 4.86. The Morgan fingerprint density at radius 1 is 1.43 bits per heavy atom. The zero-order valence-corrected chi connectivity index (χ0v) is 9.83. The predicted molar refractivity (Wildman–Crippen MR) is 54.5 cm³/mol. The number of carbonyl (C=O) groups is 1. The maximum absolute atomic E-state index is 10.8. The fraction of sp³-hybridized carbons (Fsp3) is 0.444. The predicted octanol–water partition coefficient (Wildman–Crippen LogP) is 2.04. The molecule has 5 heteroatoms. The van der Waals surface area contributed by atoms with Crippen LogP contribution in [0.25, 0.3) is 0 Å². The van der Waals surface area contributed by atoms with Crippen LogP contribution in [0.3, 0.4) is 0 Å². The van der Waals surface area contributed by atoms with E-state index in [-0.39, 0.29) is 5.97 Å². The average molecular weight is 259 g/mol. The van der Waals surface area contributed by atoms with Gasteiger partial charge in [-0.3, -0.25) is 4.79 Å². The molecule has 0 atom stereocenters. The van der Waals surface area contributed by atoms with Gasteiger partial charge in [-0.1, -0.05) is 0 Å². The molecule has 1 rings (SSSR count). The second kappa shape index (κ2) is 4.04. The molecule has 76 valence electrons. The summed E-state index contributed by atoms with van der Waals surface area (Å²) in [5.41, 5.74) is -0.785. The maximum Gasteiger partial charge on any atom is 0.303 e. The van der Waals surface area contributed by atoms with Crippen molar-refractivity contribution in [3.05, 3.63) is 22.7 Å². The van der Waals surface area contributed by atoms with Crippen LogP contribution in [-0.2, 0) is 15.1 Å². The largest absolute Gasteiger partial charge is 0.452 e. The Morgan fingerprint density at radius 3 is 2.36 bits per heavy atom. The summed E-state index contributed by atoms with van der Waals surface area (Å²) in [4.78, 5) is 18.9. The van der Waals surface area contributed by atoms with Gasteiger partial charge in [-0.15, -0.1) is 0 Å². The number of nitrogens with zero attached hydrogens (tertiary/aromatic N) is 2. The second-order valence-electron chi connectivity index (χ2n) is 3.33. The van der Waals surface area contributed by atoms with Gasteiger partial charge in [0.05, 0.1) is 4.47 Å². The fourth-order valence-electron chi connectivity index (χ4n) is 1.03. The normalized spacial score (nSPS) is 11.1. The molecule has 0 fully saturated rings. The van der Waals surface area contributed by atoms with E-state index in [1.54, 1.807) is 26.2 Å². The third-order valence-corrected chi connectivity index (χ3v) is 1.97. The number of esters is 1. The summed E-state index contributed by atoms with van der Waals surface area (Å²) in [7, 11) is 0. The molecule has 0 radical (unpaired) electrons. The highest BCUT2D eigenvalue weighted by Gasteiger charge is 2.26. The van der Waals surface area contributed by atoms with Crippen LogP contribution in [0.2, 0.25) is 0 Å². The molecule has 0 amide bonds. The van der Waals surface area contributed by atoms with Crippen LogP contribution in [0.5, 0.6) is 0 Å². The van der Waals surface area contributed by atoms with Crippen LogP contribution in [-0.4, -0.2) is 15.9 Å². The van der Waals surface area contributed by atoms with Gasteiger partial charge < -0.3 is 4.74 Å². The molecular formula is C9H11BrN2O2. The zero-order chi connectivity index (χ0) is 10.8. The number of carbonyl (C=O) groups excluding carboxylic acids is 1. The first kappa shape index (κ1) is 11.1. The number of hydrogen-bond donors (Lipinski definition) is 0. The molecule has 0 saturated carbocycles. The SMILES string of the molecule is CC(=O)OC(C)(C)c1ncc(Br)cn1. The average Bonchev–Trinajstić information content (AvgIpc) is 2.02. The van der Waals surface area contributed by atoms with Crippen LogP contribution < -0.4 is 0 Å². The number of rotatable bonds is 2. The second-order valence-corrected chi connectivity index (χ2v) is 4.24. The molecule has 0 N–H and O–H groups in total. The zero-order valence-electron chi connectivity index (χ0n) is 8.24. The van der Waals surface area contributed by atoms with E-state index in [1.807, 2.05) is 0 Å². The molecule has 14 heavy (non-hydrogen) atoms. The Hall–Kier alpha value is -0.970. The Bertz CT molecular complexity index is 335. The van der Waals surface area contributed by atoms with E-state index in [4.69, 9.17) is 4.74 Å². The van der Waals surface area contributed by atoms with Crippen molar-refractivity contribution in [2.24, 2.45) is 0 Å². The van der Waals surface area contributed by atoms with Gasteiger partial charge in [0.15, 0.2) is 11.4 Å². The minimum Gasteiger partial charge on any atom is -0.452 e. The molecule has 1 aromatic rings. The standard InChI is InChI=1S/C9H11BrN2O2/c1-6(13)14-9(2,3)8-11-4-7(10)5-12-8/h4-5H,1-3H3. The van der Waals surface area contributed by atoms with Crippen LogP contribution in [0.4, 0.5) is 0 Å². The van der Waals surface area contributed by atoms with Gasteiger partial charge in [-0.2, -0.15) is 0 Å². The van der Waals surface area contributed by atoms with Gasteiger partial charge in [0.25, 0.3) is 0 Å². The van der Waals surface area contributed by atoms with Crippen LogP contribution in [0, 0.1) is 0 Å². The first-order valence-corrected chi connectivity index (χ1v) is 4.89. The van der Waals surface area contributed by atoms with Crippen molar-refractivity contribution in [1.29, 1.82) is 0 Å². The molecule has 0 aliphatic rings. The monoisotopic (exact) mass is 258 g/mol. The molecule has 0 aromatic carbocycles. The van der Waals surface area contributed by atoms with Crippen LogP contribution in [0.1, 0.15) is 26.6 Å². The van der Waals surface area contributed by atoms with Gasteiger partial charge in [0, 0.05) is 19.3 Å². The van der Waals surface area contributed by atoms with E-state index >= 15 is 0 Å². The van der Waals surface area contributed by atoms with E-state index in [2.05, 4.69) is 25.9 Å². The third-order valence-electron chi connectivity index (χ3n) is 1.56. The van der Waals surface area contributed by atoms with E-state index in [9.17, 15) is 4.79 Å². The van der Waals surface area contributed by atoms with Crippen LogP contribution >= 0.6 is 15.9 Å². The highest BCUT2D eigenvalue weighted by molar-refractivity contribution is 9.10. The van der Waals surface area contributed by atoms with Crippen LogP contribution in [0.15, 0.2) is 16.9 Å². The molecular weight excluding hydrogens is 248 g/mol. The summed E-state index contributed by atoms with van der Waals surface area (Å²) in [5, 5.41) is 0. The van der Waals surface area contributed by atoms with E-state index in [0.29, 0.717) is 5.82 Å². The van der Waals surface area contributed by atoms with Gasteiger partial charge in [-0.05, 0) is 29.8 Å². The van der Waals surface area contributed by atoms with Crippen molar-refractivity contribution < 1.29 is 9.53 Å².